The third-order valence-corrected chi connectivity index (χ3v) is 6.31. The first-order chi connectivity index (χ1) is 17.0. The fraction of sp³-hybridized carbons (Fsp3) is 0.346. The first kappa shape index (κ1) is 23.3. The number of ether oxygens (including phenoxy) is 1. The van der Waals surface area contributed by atoms with E-state index >= 15 is 0 Å². The number of allylic oxidation sites excluding steroid dienone is 1. The van der Waals surface area contributed by atoms with Gasteiger partial charge in [0.05, 0.1) is 30.1 Å². The minimum absolute atomic E-state index is 0.0740. The summed E-state index contributed by atoms with van der Waals surface area (Å²) in [4.78, 5) is 23.0. The van der Waals surface area contributed by atoms with Crippen molar-refractivity contribution in [2.24, 2.45) is 10.7 Å². The van der Waals surface area contributed by atoms with E-state index in [2.05, 4.69) is 20.2 Å². The first-order valence-electron chi connectivity index (χ1n) is 11.7. The van der Waals surface area contributed by atoms with Crippen LogP contribution < -0.4 is 11.1 Å². The number of nitrogens with two attached hydrogens (primary N) is 1. The van der Waals surface area contributed by atoms with Crippen molar-refractivity contribution < 1.29 is 18.3 Å². The van der Waals surface area contributed by atoms with Gasteiger partial charge in [-0.3, -0.25) is 19.7 Å². The largest absolute Gasteiger partial charge is 0.404 e. The summed E-state index contributed by atoms with van der Waals surface area (Å²) in [5.74, 6) is -1.64. The van der Waals surface area contributed by atoms with Crippen molar-refractivity contribution in [1.82, 2.24) is 9.88 Å². The number of rotatable bonds is 8. The SMILES string of the molecule is NC=C(C=NC1CC1)c1c(F)cncc1/C=C/C(=O)Nc1ccc(CN2CC3CC(C2)O3)cc1F. The highest BCUT2D eigenvalue weighted by molar-refractivity contribution is 6.11. The number of benzene rings is 1. The molecule has 0 radical (unpaired) electrons. The number of aromatic nitrogens is 1. The van der Waals surface area contributed by atoms with Crippen LogP contribution in [-0.2, 0) is 16.1 Å². The minimum Gasteiger partial charge on any atom is -0.404 e. The van der Waals surface area contributed by atoms with Gasteiger partial charge in [0.2, 0.25) is 5.91 Å². The van der Waals surface area contributed by atoms with Crippen molar-refractivity contribution in [3.05, 3.63) is 71.2 Å². The van der Waals surface area contributed by atoms with Crippen LogP contribution >= 0.6 is 0 Å². The lowest BCUT2D eigenvalue weighted by Crippen LogP contribution is -2.56. The minimum atomic E-state index is -0.578. The van der Waals surface area contributed by atoms with Crippen LogP contribution in [0.15, 0.2) is 47.9 Å². The third kappa shape index (κ3) is 5.63. The number of hydrogen-bond donors (Lipinski definition) is 2. The Kier molecular flexibility index (Phi) is 6.70. The van der Waals surface area contributed by atoms with Crippen molar-refractivity contribution in [3.8, 4) is 0 Å². The van der Waals surface area contributed by atoms with Gasteiger partial charge >= 0.3 is 0 Å². The van der Waals surface area contributed by atoms with Crippen molar-refractivity contribution in [3.63, 3.8) is 0 Å². The zero-order valence-corrected chi connectivity index (χ0v) is 19.2. The number of pyridine rings is 1. The predicted molar refractivity (Wildman–Crippen MR) is 130 cm³/mol. The molecular weight excluding hydrogens is 452 g/mol. The smallest absolute Gasteiger partial charge is 0.248 e. The number of anilines is 1. The molecule has 1 aromatic heterocycles. The molecule has 4 fully saturated rings. The van der Waals surface area contributed by atoms with E-state index in [4.69, 9.17) is 10.5 Å². The molecular formula is C26H27F2N5O2. The summed E-state index contributed by atoms with van der Waals surface area (Å²) in [6.07, 6.45) is 11.7. The summed E-state index contributed by atoms with van der Waals surface area (Å²) in [5, 5.41) is 2.54. The van der Waals surface area contributed by atoms with E-state index in [-0.39, 0.29) is 17.3 Å². The van der Waals surface area contributed by atoms with Gasteiger partial charge in [-0.05, 0) is 36.6 Å². The molecule has 4 aliphatic rings. The number of morpholine rings is 1. The number of piperidine rings is 1. The van der Waals surface area contributed by atoms with Gasteiger partial charge < -0.3 is 15.8 Å². The molecule has 3 aliphatic heterocycles. The number of hydrogen-bond acceptors (Lipinski definition) is 6. The van der Waals surface area contributed by atoms with E-state index in [0.29, 0.717) is 29.9 Å². The van der Waals surface area contributed by atoms with E-state index in [0.717, 1.165) is 44.1 Å². The van der Waals surface area contributed by atoms with Gasteiger partial charge in [-0.1, -0.05) is 6.07 Å². The number of carbonyl (C=O) groups excluding carboxylic acids is 1. The topological polar surface area (TPSA) is 92.8 Å². The molecule has 2 aromatic rings. The average molecular weight is 480 g/mol. The molecule has 182 valence electrons. The number of nitrogens with one attached hydrogen (secondary N) is 1. The molecule has 35 heavy (non-hydrogen) atoms. The summed E-state index contributed by atoms with van der Waals surface area (Å²) >= 11 is 0. The summed E-state index contributed by atoms with van der Waals surface area (Å²) < 4.78 is 34.9. The van der Waals surface area contributed by atoms with E-state index in [1.54, 1.807) is 18.3 Å². The highest BCUT2D eigenvalue weighted by Crippen LogP contribution is 2.29. The van der Waals surface area contributed by atoms with Crippen molar-refractivity contribution in [2.45, 2.75) is 44.1 Å². The zero-order chi connectivity index (χ0) is 24.4. The van der Waals surface area contributed by atoms with E-state index < -0.39 is 17.5 Å². The number of carbonyl (C=O) groups is 1. The highest BCUT2D eigenvalue weighted by atomic mass is 19.1. The lowest BCUT2D eigenvalue weighted by atomic mass is 9.98. The van der Waals surface area contributed by atoms with Crippen LogP contribution in [0.25, 0.3) is 11.6 Å². The number of halogens is 2. The Bertz CT molecular complexity index is 1190. The summed E-state index contributed by atoms with van der Waals surface area (Å²) in [7, 11) is 0. The summed E-state index contributed by atoms with van der Waals surface area (Å²) in [6, 6.07) is 5.04. The number of nitrogens with zero attached hydrogens (tertiary/aromatic N) is 3. The molecule has 1 aromatic carbocycles. The van der Waals surface area contributed by atoms with Crippen LogP contribution in [0, 0.1) is 11.6 Å². The van der Waals surface area contributed by atoms with E-state index in [9.17, 15) is 13.6 Å². The van der Waals surface area contributed by atoms with Gasteiger partial charge in [0.15, 0.2) is 0 Å². The molecule has 1 aliphatic carbocycles. The first-order valence-corrected chi connectivity index (χ1v) is 11.7. The highest BCUT2D eigenvalue weighted by Gasteiger charge is 2.38. The van der Waals surface area contributed by atoms with Crippen LogP contribution in [0.3, 0.4) is 0 Å². The normalized spacial score (nSPS) is 22.5. The maximum absolute atomic E-state index is 14.7. The second kappa shape index (κ2) is 10.1. The van der Waals surface area contributed by atoms with Crippen LogP contribution in [0.1, 0.15) is 36.0 Å². The fourth-order valence-corrected chi connectivity index (χ4v) is 4.41. The van der Waals surface area contributed by atoms with Crippen molar-refractivity contribution >= 4 is 29.5 Å². The Morgan fingerprint density at radius 2 is 2.00 bits per heavy atom. The standard InChI is InChI=1S/C26H27F2N5O2/c27-22-7-16(13-33-14-20-8-21(15-33)35-20)1-5-24(22)32-25(34)6-2-17-10-30-12-23(28)26(17)18(9-29)11-31-19-3-4-19/h1-2,5-7,9-12,19-21H,3-4,8,13-15,29H2,(H,32,34)/b6-2+,18-9?,31-11?. The van der Waals surface area contributed by atoms with E-state index in [1.807, 2.05) is 0 Å². The Labute approximate surface area is 202 Å². The number of aliphatic imine (C=N–C) groups is 1. The molecule has 3 saturated heterocycles. The molecule has 0 spiro atoms. The molecule has 2 unspecified atom stereocenters. The maximum Gasteiger partial charge on any atom is 0.248 e. The number of fused-ring (bicyclic) bond motifs is 2. The Balaban J connectivity index is 1.24. The van der Waals surface area contributed by atoms with Crippen molar-refractivity contribution in [2.75, 3.05) is 18.4 Å². The van der Waals surface area contributed by atoms with Gasteiger partial charge in [0.1, 0.15) is 11.6 Å². The molecule has 2 atom stereocenters. The average Bonchev–Trinajstić information content (AvgIpc) is 3.65. The van der Waals surface area contributed by atoms with Crippen LogP contribution in [-0.4, -0.2) is 53.3 Å². The Morgan fingerprint density at radius 3 is 2.69 bits per heavy atom. The molecule has 4 heterocycles. The lowest BCUT2D eigenvalue weighted by molar-refractivity contribution is -0.182. The fourth-order valence-electron chi connectivity index (χ4n) is 4.41. The molecule has 3 N–H and O–H groups in total. The summed E-state index contributed by atoms with van der Waals surface area (Å²) in [6.45, 7) is 2.34. The van der Waals surface area contributed by atoms with Gasteiger partial charge in [-0.25, -0.2) is 8.78 Å². The zero-order valence-electron chi connectivity index (χ0n) is 19.2. The van der Waals surface area contributed by atoms with Gasteiger partial charge in [0.25, 0.3) is 0 Å². The van der Waals surface area contributed by atoms with E-state index in [1.165, 1.54) is 30.6 Å². The van der Waals surface area contributed by atoms with Gasteiger partial charge in [0, 0.05) is 67.4 Å². The quantitative estimate of drug-likeness (QED) is 0.447. The summed E-state index contributed by atoms with van der Waals surface area (Å²) in [5.41, 5.74) is 7.58. The van der Waals surface area contributed by atoms with Gasteiger partial charge in [-0.2, -0.15) is 0 Å². The van der Waals surface area contributed by atoms with Gasteiger partial charge in [-0.15, -0.1) is 0 Å². The second-order valence-electron chi connectivity index (χ2n) is 9.16. The molecule has 1 saturated carbocycles. The monoisotopic (exact) mass is 479 g/mol. The lowest BCUT2D eigenvalue weighted by Gasteiger charge is -2.47. The van der Waals surface area contributed by atoms with Crippen LogP contribution in [0.5, 0.6) is 0 Å². The van der Waals surface area contributed by atoms with Crippen LogP contribution in [0.4, 0.5) is 14.5 Å². The molecule has 6 rings (SSSR count). The third-order valence-electron chi connectivity index (χ3n) is 6.31. The van der Waals surface area contributed by atoms with Crippen molar-refractivity contribution in [1.29, 1.82) is 0 Å². The second-order valence-corrected chi connectivity index (χ2v) is 9.16. The maximum atomic E-state index is 14.7. The molecule has 1 amide bonds. The number of amides is 1. The Hall–Kier alpha value is -3.43. The molecule has 9 heteroatoms. The van der Waals surface area contributed by atoms with Crippen LogP contribution in [0.2, 0.25) is 0 Å². The molecule has 7 nitrogen and oxygen atoms in total. The Morgan fingerprint density at radius 1 is 1.23 bits per heavy atom. The molecule has 2 bridgehead atoms. The predicted octanol–water partition coefficient (Wildman–Crippen LogP) is 3.52.